The van der Waals surface area contributed by atoms with Crippen LogP contribution in [-0.2, 0) is 4.74 Å². The number of anilines is 1. The molecule has 6 nitrogen and oxygen atoms in total. The summed E-state index contributed by atoms with van der Waals surface area (Å²) in [6.45, 7) is 4.78. The second-order valence-corrected chi connectivity index (χ2v) is 6.00. The van der Waals surface area contributed by atoms with Gasteiger partial charge in [-0.15, -0.1) is 0 Å². The van der Waals surface area contributed by atoms with Crippen LogP contribution in [-0.4, -0.2) is 34.8 Å². The van der Waals surface area contributed by atoms with Crippen LogP contribution in [0.15, 0.2) is 16.8 Å². The molecule has 22 heavy (non-hydrogen) atoms. The molecule has 1 atom stereocenters. The molecule has 4 rings (SSSR count). The molecule has 0 bridgehead atoms. The summed E-state index contributed by atoms with van der Waals surface area (Å²) in [4.78, 5) is 11.6. The van der Waals surface area contributed by atoms with E-state index in [1.165, 1.54) is 12.8 Å². The van der Waals surface area contributed by atoms with Crippen molar-refractivity contribution in [1.29, 1.82) is 0 Å². The Kier molecular flexibility index (Phi) is 3.54. The standard InChI is InChI=1S/C16H20N4O2/c1-11-9-14(22-19-11)12-10-17-16(20-6-2-3-7-20)18-15(12)13-5-4-8-21-13/h9-10,13H,2-8H2,1H3/t13-/m0/s1. The summed E-state index contributed by atoms with van der Waals surface area (Å²) in [5.41, 5.74) is 2.69. The van der Waals surface area contributed by atoms with E-state index in [1.807, 2.05) is 19.2 Å². The van der Waals surface area contributed by atoms with Gasteiger partial charge >= 0.3 is 0 Å². The molecule has 116 valence electrons. The molecule has 0 unspecified atom stereocenters. The van der Waals surface area contributed by atoms with Crippen molar-refractivity contribution in [3.8, 4) is 11.3 Å². The van der Waals surface area contributed by atoms with Gasteiger partial charge in [0.25, 0.3) is 0 Å². The molecule has 0 aliphatic carbocycles. The van der Waals surface area contributed by atoms with Crippen LogP contribution >= 0.6 is 0 Å². The molecule has 2 aliphatic rings. The smallest absolute Gasteiger partial charge is 0.225 e. The van der Waals surface area contributed by atoms with Gasteiger partial charge in [-0.2, -0.15) is 0 Å². The lowest BCUT2D eigenvalue weighted by Crippen LogP contribution is -2.21. The molecule has 0 N–H and O–H groups in total. The van der Waals surface area contributed by atoms with E-state index in [0.29, 0.717) is 0 Å². The Bertz CT molecular complexity index is 658. The Hall–Kier alpha value is -1.95. The maximum Gasteiger partial charge on any atom is 0.225 e. The maximum atomic E-state index is 5.85. The Balaban J connectivity index is 1.76. The van der Waals surface area contributed by atoms with Crippen LogP contribution in [0, 0.1) is 6.92 Å². The number of hydrogen-bond acceptors (Lipinski definition) is 6. The van der Waals surface area contributed by atoms with Gasteiger partial charge in [-0.05, 0) is 32.6 Å². The average Bonchev–Trinajstić information content (AvgIpc) is 3.29. The Labute approximate surface area is 129 Å². The minimum absolute atomic E-state index is 0.0322. The number of ether oxygens (including phenoxy) is 1. The fourth-order valence-electron chi connectivity index (χ4n) is 3.17. The molecule has 2 fully saturated rings. The predicted octanol–water partition coefficient (Wildman–Crippen LogP) is 2.89. The molecule has 2 aromatic heterocycles. The van der Waals surface area contributed by atoms with Crippen LogP contribution in [0.2, 0.25) is 0 Å². The minimum atomic E-state index is 0.0322. The highest BCUT2D eigenvalue weighted by Crippen LogP contribution is 2.35. The molecule has 0 amide bonds. The Morgan fingerprint density at radius 1 is 1.23 bits per heavy atom. The van der Waals surface area contributed by atoms with Crippen LogP contribution in [0.5, 0.6) is 0 Å². The first kappa shape index (κ1) is 13.7. The first-order valence-electron chi connectivity index (χ1n) is 7.98. The highest BCUT2D eigenvalue weighted by Gasteiger charge is 2.26. The number of nitrogens with zero attached hydrogens (tertiary/aromatic N) is 4. The van der Waals surface area contributed by atoms with E-state index in [-0.39, 0.29) is 6.10 Å². The van der Waals surface area contributed by atoms with Crippen molar-refractivity contribution in [1.82, 2.24) is 15.1 Å². The van der Waals surface area contributed by atoms with Gasteiger partial charge in [-0.1, -0.05) is 5.16 Å². The lowest BCUT2D eigenvalue weighted by Gasteiger charge is -2.19. The van der Waals surface area contributed by atoms with Gasteiger partial charge in [0, 0.05) is 32.0 Å². The van der Waals surface area contributed by atoms with E-state index in [9.17, 15) is 0 Å². The number of aromatic nitrogens is 3. The molecule has 0 spiro atoms. The summed E-state index contributed by atoms with van der Waals surface area (Å²) in [7, 11) is 0. The largest absolute Gasteiger partial charge is 0.372 e. The summed E-state index contributed by atoms with van der Waals surface area (Å²) >= 11 is 0. The summed E-state index contributed by atoms with van der Waals surface area (Å²) in [6.07, 6.45) is 6.38. The lowest BCUT2D eigenvalue weighted by molar-refractivity contribution is 0.109. The van der Waals surface area contributed by atoms with Crippen molar-refractivity contribution in [2.75, 3.05) is 24.6 Å². The second kappa shape index (κ2) is 5.68. The Morgan fingerprint density at radius 3 is 2.77 bits per heavy atom. The summed E-state index contributed by atoms with van der Waals surface area (Å²) in [5.74, 6) is 1.53. The highest BCUT2D eigenvalue weighted by molar-refractivity contribution is 5.61. The zero-order chi connectivity index (χ0) is 14.9. The SMILES string of the molecule is Cc1cc(-c2cnc(N3CCCC3)nc2[C@@H]2CCCO2)on1. The first-order valence-corrected chi connectivity index (χ1v) is 7.98. The number of rotatable bonds is 3. The first-order chi connectivity index (χ1) is 10.8. The third-order valence-corrected chi connectivity index (χ3v) is 4.32. The molecular formula is C16H20N4O2. The molecule has 0 aromatic carbocycles. The molecule has 2 aromatic rings. The van der Waals surface area contributed by atoms with Gasteiger partial charge in [0.05, 0.1) is 17.0 Å². The lowest BCUT2D eigenvalue weighted by atomic mass is 10.1. The Morgan fingerprint density at radius 2 is 2.09 bits per heavy atom. The van der Waals surface area contributed by atoms with E-state index in [1.54, 1.807) is 0 Å². The summed E-state index contributed by atoms with van der Waals surface area (Å²) in [6, 6.07) is 1.92. The van der Waals surface area contributed by atoms with Gasteiger partial charge in [0.15, 0.2) is 5.76 Å². The molecule has 0 saturated carbocycles. The summed E-state index contributed by atoms with van der Waals surface area (Å²) < 4.78 is 11.3. The second-order valence-electron chi connectivity index (χ2n) is 6.00. The molecular weight excluding hydrogens is 280 g/mol. The van der Waals surface area contributed by atoms with Crippen LogP contribution in [0.4, 0.5) is 5.95 Å². The quantitative estimate of drug-likeness (QED) is 0.868. The van der Waals surface area contributed by atoms with E-state index >= 15 is 0 Å². The van der Waals surface area contributed by atoms with Gasteiger partial charge < -0.3 is 14.2 Å². The van der Waals surface area contributed by atoms with Crippen molar-refractivity contribution >= 4 is 5.95 Å². The molecule has 2 aliphatic heterocycles. The third-order valence-electron chi connectivity index (χ3n) is 4.32. The van der Waals surface area contributed by atoms with Crippen LogP contribution in [0.3, 0.4) is 0 Å². The third kappa shape index (κ3) is 2.47. The minimum Gasteiger partial charge on any atom is -0.372 e. The van der Waals surface area contributed by atoms with Crippen molar-refractivity contribution in [3.63, 3.8) is 0 Å². The summed E-state index contributed by atoms with van der Waals surface area (Å²) in [5, 5.41) is 3.98. The topological polar surface area (TPSA) is 64.3 Å². The molecule has 0 radical (unpaired) electrons. The van der Waals surface area contributed by atoms with Crippen LogP contribution < -0.4 is 4.90 Å². The molecule has 4 heterocycles. The van der Waals surface area contributed by atoms with Crippen molar-refractivity contribution < 1.29 is 9.26 Å². The van der Waals surface area contributed by atoms with Crippen molar-refractivity contribution in [3.05, 3.63) is 23.7 Å². The zero-order valence-corrected chi connectivity index (χ0v) is 12.8. The van der Waals surface area contributed by atoms with E-state index in [4.69, 9.17) is 14.2 Å². The molecule has 2 saturated heterocycles. The monoisotopic (exact) mass is 300 g/mol. The maximum absolute atomic E-state index is 5.85. The fraction of sp³-hybridized carbons (Fsp3) is 0.562. The van der Waals surface area contributed by atoms with E-state index in [0.717, 1.165) is 61.2 Å². The van der Waals surface area contributed by atoms with Gasteiger partial charge in [-0.25, -0.2) is 9.97 Å². The van der Waals surface area contributed by atoms with Gasteiger partial charge in [-0.3, -0.25) is 0 Å². The van der Waals surface area contributed by atoms with E-state index < -0.39 is 0 Å². The number of hydrogen-bond donors (Lipinski definition) is 0. The highest BCUT2D eigenvalue weighted by atomic mass is 16.5. The molecule has 6 heteroatoms. The average molecular weight is 300 g/mol. The van der Waals surface area contributed by atoms with Crippen molar-refractivity contribution in [2.24, 2.45) is 0 Å². The van der Waals surface area contributed by atoms with Crippen molar-refractivity contribution in [2.45, 2.75) is 38.7 Å². The number of aryl methyl sites for hydroxylation is 1. The van der Waals surface area contributed by atoms with Gasteiger partial charge in [0.1, 0.15) is 6.10 Å². The fourth-order valence-corrected chi connectivity index (χ4v) is 3.17. The normalized spacial score (nSPS) is 21.7. The zero-order valence-electron chi connectivity index (χ0n) is 12.8. The predicted molar refractivity (Wildman–Crippen MR) is 81.6 cm³/mol. The van der Waals surface area contributed by atoms with E-state index in [2.05, 4.69) is 15.0 Å². The van der Waals surface area contributed by atoms with Crippen LogP contribution in [0.1, 0.15) is 43.2 Å². The van der Waals surface area contributed by atoms with Crippen LogP contribution in [0.25, 0.3) is 11.3 Å². The van der Waals surface area contributed by atoms with Gasteiger partial charge in [0.2, 0.25) is 5.95 Å².